The lowest BCUT2D eigenvalue weighted by Gasteiger charge is -2.15. The number of hydrogen-bond acceptors (Lipinski definition) is 4. The molecule has 0 amide bonds. The molecule has 1 atom stereocenters. The fourth-order valence-corrected chi connectivity index (χ4v) is 2.54. The third-order valence-corrected chi connectivity index (χ3v) is 3.81. The largest absolute Gasteiger partial charge is 0.497 e. The smallest absolute Gasteiger partial charge is 0.144 e. The molecular formula is C17H16ClN3O. The van der Waals surface area contributed by atoms with Crippen LogP contribution in [0.4, 0.5) is 0 Å². The fraction of sp³-hybridized carbons (Fsp3) is 0.176. The number of para-hydroxylation sites is 1. The van der Waals surface area contributed by atoms with Gasteiger partial charge >= 0.3 is 0 Å². The highest BCUT2D eigenvalue weighted by atomic mass is 35.5. The molecule has 0 aliphatic rings. The molecule has 4 nitrogen and oxygen atoms in total. The number of ether oxygens (including phenoxy) is 1. The molecule has 1 unspecified atom stereocenters. The van der Waals surface area contributed by atoms with Crippen LogP contribution in [-0.4, -0.2) is 17.1 Å². The Kier molecular flexibility index (Phi) is 4.22. The second kappa shape index (κ2) is 6.30. The zero-order valence-electron chi connectivity index (χ0n) is 12.2. The first kappa shape index (κ1) is 14.8. The lowest BCUT2D eigenvalue weighted by atomic mass is 10.0. The molecule has 0 fully saturated rings. The predicted octanol–water partition coefficient (Wildman–Crippen LogP) is 3.43. The van der Waals surface area contributed by atoms with Crippen LogP contribution in [0.15, 0.2) is 48.5 Å². The fourth-order valence-electron chi connectivity index (χ4n) is 2.42. The highest BCUT2D eigenvalue weighted by molar-refractivity contribution is 6.16. The quantitative estimate of drug-likeness (QED) is 0.750. The molecule has 0 saturated carbocycles. The Hall–Kier alpha value is -2.17. The van der Waals surface area contributed by atoms with Gasteiger partial charge < -0.3 is 10.5 Å². The summed E-state index contributed by atoms with van der Waals surface area (Å²) in [5.41, 5.74) is 9.02. The lowest BCUT2D eigenvalue weighted by Crippen LogP contribution is -2.15. The predicted molar refractivity (Wildman–Crippen MR) is 88.1 cm³/mol. The van der Waals surface area contributed by atoms with E-state index in [-0.39, 0.29) is 11.9 Å². The van der Waals surface area contributed by atoms with Crippen molar-refractivity contribution in [3.05, 3.63) is 65.6 Å². The average molecular weight is 314 g/mol. The normalized spacial score (nSPS) is 12.3. The minimum absolute atomic E-state index is 0.257. The Labute approximate surface area is 133 Å². The van der Waals surface area contributed by atoms with Crippen molar-refractivity contribution in [3.8, 4) is 5.75 Å². The number of benzene rings is 2. The van der Waals surface area contributed by atoms with Gasteiger partial charge in [0.2, 0.25) is 0 Å². The van der Waals surface area contributed by atoms with Gasteiger partial charge in [0.25, 0.3) is 0 Å². The summed E-state index contributed by atoms with van der Waals surface area (Å²) in [5, 5.41) is 0.944. The van der Waals surface area contributed by atoms with E-state index in [4.69, 9.17) is 22.1 Å². The summed E-state index contributed by atoms with van der Waals surface area (Å²) in [6.45, 7) is 0. The zero-order chi connectivity index (χ0) is 15.5. The highest BCUT2D eigenvalue weighted by Crippen LogP contribution is 2.26. The van der Waals surface area contributed by atoms with Gasteiger partial charge in [-0.25, -0.2) is 9.97 Å². The molecule has 22 heavy (non-hydrogen) atoms. The van der Waals surface area contributed by atoms with Crippen molar-refractivity contribution in [1.82, 2.24) is 9.97 Å². The van der Waals surface area contributed by atoms with E-state index in [1.807, 2.05) is 48.5 Å². The molecule has 0 radical (unpaired) electrons. The van der Waals surface area contributed by atoms with Crippen molar-refractivity contribution in [1.29, 1.82) is 0 Å². The standard InChI is InChI=1S/C17H16ClN3O/c1-22-12-8-6-11(7-9-12)16(19)17-13-4-2-3-5-14(13)20-15(10-18)21-17/h2-9,16H,10,19H2,1H3. The molecule has 1 heterocycles. The van der Waals surface area contributed by atoms with Crippen molar-refractivity contribution < 1.29 is 4.74 Å². The molecule has 2 aromatic carbocycles. The molecule has 0 saturated heterocycles. The number of nitrogens with zero attached hydrogens (tertiary/aromatic N) is 2. The van der Waals surface area contributed by atoms with Crippen LogP contribution in [0.5, 0.6) is 5.75 Å². The Morgan fingerprint density at radius 3 is 2.50 bits per heavy atom. The molecule has 0 aliphatic heterocycles. The van der Waals surface area contributed by atoms with E-state index >= 15 is 0 Å². The zero-order valence-corrected chi connectivity index (χ0v) is 12.9. The molecule has 2 N–H and O–H groups in total. The number of aromatic nitrogens is 2. The number of hydrogen-bond donors (Lipinski definition) is 1. The Morgan fingerprint density at radius 2 is 1.82 bits per heavy atom. The molecule has 3 rings (SSSR count). The molecule has 5 heteroatoms. The monoisotopic (exact) mass is 313 g/mol. The van der Waals surface area contributed by atoms with Crippen molar-refractivity contribution in [2.24, 2.45) is 5.73 Å². The number of alkyl halides is 1. The van der Waals surface area contributed by atoms with Gasteiger partial charge in [-0.15, -0.1) is 11.6 Å². The van der Waals surface area contributed by atoms with E-state index < -0.39 is 0 Å². The topological polar surface area (TPSA) is 61.0 Å². The third-order valence-electron chi connectivity index (χ3n) is 3.57. The van der Waals surface area contributed by atoms with Crippen LogP contribution in [0, 0.1) is 0 Å². The van der Waals surface area contributed by atoms with Gasteiger partial charge in [0.05, 0.1) is 30.2 Å². The number of rotatable bonds is 4. The van der Waals surface area contributed by atoms with Crippen LogP contribution in [0.25, 0.3) is 10.9 Å². The van der Waals surface area contributed by atoms with E-state index in [0.717, 1.165) is 27.9 Å². The summed E-state index contributed by atoms with van der Waals surface area (Å²) < 4.78 is 5.18. The van der Waals surface area contributed by atoms with Crippen molar-refractivity contribution >= 4 is 22.5 Å². The number of methoxy groups -OCH3 is 1. The van der Waals surface area contributed by atoms with Gasteiger partial charge in [0.15, 0.2) is 0 Å². The SMILES string of the molecule is COc1ccc(C(N)c2nc(CCl)nc3ccccc23)cc1. The van der Waals surface area contributed by atoms with Gasteiger partial charge in [-0.3, -0.25) is 0 Å². The average Bonchev–Trinajstić information content (AvgIpc) is 2.60. The van der Waals surface area contributed by atoms with Gasteiger partial charge in [-0.05, 0) is 23.8 Å². The van der Waals surface area contributed by atoms with Crippen LogP contribution in [0.1, 0.15) is 23.1 Å². The van der Waals surface area contributed by atoms with Crippen molar-refractivity contribution in [3.63, 3.8) is 0 Å². The summed E-state index contributed by atoms with van der Waals surface area (Å²) in [5.74, 6) is 1.64. The molecular weight excluding hydrogens is 298 g/mol. The van der Waals surface area contributed by atoms with E-state index in [9.17, 15) is 0 Å². The Morgan fingerprint density at radius 1 is 1.09 bits per heavy atom. The molecule has 112 valence electrons. The first-order valence-electron chi connectivity index (χ1n) is 6.94. The van der Waals surface area contributed by atoms with Crippen molar-refractivity contribution in [2.45, 2.75) is 11.9 Å². The number of fused-ring (bicyclic) bond motifs is 1. The summed E-state index contributed by atoms with van der Waals surface area (Å²) in [4.78, 5) is 8.98. The minimum Gasteiger partial charge on any atom is -0.497 e. The summed E-state index contributed by atoms with van der Waals surface area (Å²) in [6, 6.07) is 15.1. The lowest BCUT2D eigenvalue weighted by molar-refractivity contribution is 0.414. The van der Waals surface area contributed by atoms with Crippen LogP contribution in [0.2, 0.25) is 0 Å². The van der Waals surface area contributed by atoms with E-state index in [2.05, 4.69) is 9.97 Å². The van der Waals surface area contributed by atoms with E-state index in [1.165, 1.54) is 0 Å². The first-order chi connectivity index (χ1) is 10.7. The summed E-state index contributed by atoms with van der Waals surface area (Å²) in [7, 11) is 1.64. The van der Waals surface area contributed by atoms with Gasteiger partial charge in [0, 0.05) is 5.39 Å². The van der Waals surface area contributed by atoms with Gasteiger partial charge in [0.1, 0.15) is 11.6 Å². The maximum absolute atomic E-state index is 6.42. The van der Waals surface area contributed by atoms with E-state index in [0.29, 0.717) is 5.82 Å². The Balaban J connectivity index is 2.10. The van der Waals surface area contributed by atoms with E-state index in [1.54, 1.807) is 7.11 Å². The molecule has 3 aromatic rings. The first-order valence-corrected chi connectivity index (χ1v) is 7.47. The van der Waals surface area contributed by atoms with Gasteiger partial charge in [-0.1, -0.05) is 30.3 Å². The summed E-state index contributed by atoms with van der Waals surface area (Å²) in [6.07, 6.45) is 0. The van der Waals surface area contributed by atoms with Crippen LogP contribution in [0.3, 0.4) is 0 Å². The van der Waals surface area contributed by atoms with Crippen LogP contribution in [-0.2, 0) is 5.88 Å². The Bertz CT molecular complexity index is 790. The number of halogens is 1. The van der Waals surface area contributed by atoms with Crippen LogP contribution < -0.4 is 10.5 Å². The second-order valence-corrected chi connectivity index (χ2v) is 5.19. The van der Waals surface area contributed by atoms with Crippen molar-refractivity contribution in [2.75, 3.05) is 7.11 Å². The molecule has 1 aromatic heterocycles. The highest BCUT2D eigenvalue weighted by Gasteiger charge is 2.16. The molecule has 0 aliphatic carbocycles. The second-order valence-electron chi connectivity index (χ2n) is 4.93. The van der Waals surface area contributed by atoms with Gasteiger partial charge in [-0.2, -0.15) is 0 Å². The molecule has 0 bridgehead atoms. The maximum atomic E-state index is 6.42. The van der Waals surface area contributed by atoms with Crippen LogP contribution >= 0.6 is 11.6 Å². The molecule has 0 spiro atoms. The third kappa shape index (κ3) is 2.75. The summed E-state index contributed by atoms with van der Waals surface area (Å²) >= 11 is 5.91. The minimum atomic E-state index is -0.347. The number of nitrogens with two attached hydrogens (primary N) is 1. The maximum Gasteiger partial charge on any atom is 0.144 e.